The Morgan fingerprint density at radius 2 is 1.93 bits per heavy atom. The molecule has 1 amide bonds. The summed E-state index contributed by atoms with van der Waals surface area (Å²) in [6, 6.07) is 8.32. The minimum absolute atomic E-state index is 0.121. The number of nitrogens with zero attached hydrogens (tertiary/aromatic N) is 4. The Balaban J connectivity index is 1.49. The lowest BCUT2D eigenvalue weighted by Crippen LogP contribution is -2.48. The molecule has 0 bridgehead atoms. The molecule has 4 aromatic rings. The summed E-state index contributed by atoms with van der Waals surface area (Å²) in [5, 5.41) is 6.27. The fraction of sp³-hybridized carbons (Fsp3) is 0.304. The number of carbonyl (C=O) groups is 1. The van der Waals surface area contributed by atoms with Crippen molar-refractivity contribution in [2.45, 2.75) is 6.92 Å². The molecule has 4 heterocycles. The molecule has 1 aliphatic heterocycles. The first-order chi connectivity index (χ1) is 14.6. The van der Waals surface area contributed by atoms with Gasteiger partial charge in [-0.1, -0.05) is 0 Å². The highest BCUT2D eigenvalue weighted by Crippen LogP contribution is 2.38. The van der Waals surface area contributed by atoms with Gasteiger partial charge < -0.3 is 19.1 Å². The predicted octanol–water partition coefficient (Wildman–Crippen LogP) is 4.07. The molecule has 6 nitrogen and oxygen atoms in total. The molecule has 0 N–H and O–H groups in total. The Bertz CT molecular complexity index is 1240. The zero-order chi connectivity index (χ0) is 20.8. The summed E-state index contributed by atoms with van der Waals surface area (Å²) in [5.74, 6) is 0.979. The maximum atomic E-state index is 12.7. The second-order valence-corrected chi connectivity index (χ2v) is 8.46. The van der Waals surface area contributed by atoms with E-state index in [9.17, 15) is 4.79 Å². The molecule has 0 saturated carbocycles. The lowest BCUT2D eigenvalue weighted by Gasteiger charge is -2.36. The van der Waals surface area contributed by atoms with Crippen LogP contribution >= 0.6 is 11.3 Å². The van der Waals surface area contributed by atoms with Gasteiger partial charge in [0.05, 0.1) is 35.1 Å². The number of hydrogen-bond donors (Lipinski definition) is 0. The van der Waals surface area contributed by atoms with E-state index in [0.29, 0.717) is 13.1 Å². The molecule has 30 heavy (non-hydrogen) atoms. The average molecular weight is 421 g/mol. The van der Waals surface area contributed by atoms with Gasteiger partial charge in [0.25, 0.3) is 5.91 Å². The van der Waals surface area contributed by atoms with E-state index >= 15 is 0 Å². The number of anilines is 1. The normalized spacial score (nSPS) is 14.6. The minimum atomic E-state index is 0.121. The number of pyridine rings is 1. The standard InChI is InChI=1S/C23H24N4O2S/c1-15-22-17(4-6-24-15)18-12-20(21(29-3)13-19(18)25(22)2)26-7-9-27(10-8-26)23(28)16-5-11-30-14-16/h4-6,11-14H,7-10H2,1-3H3. The number of fused-ring (bicyclic) bond motifs is 3. The highest BCUT2D eigenvalue weighted by Gasteiger charge is 2.25. The van der Waals surface area contributed by atoms with E-state index in [4.69, 9.17) is 4.74 Å². The summed E-state index contributed by atoms with van der Waals surface area (Å²) in [7, 11) is 3.80. The first kappa shape index (κ1) is 18.9. The van der Waals surface area contributed by atoms with Crippen molar-refractivity contribution < 1.29 is 9.53 Å². The van der Waals surface area contributed by atoms with Crippen LogP contribution in [0.2, 0.25) is 0 Å². The molecule has 0 aliphatic carbocycles. The van der Waals surface area contributed by atoms with E-state index in [-0.39, 0.29) is 5.91 Å². The lowest BCUT2D eigenvalue weighted by atomic mass is 10.1. The Morgan fingerprint density at radius 3 is 2.63 bits per heavy atom. The first-order valence-electron chi connectivity index (χ1n) is 10.1. The summed E-state index contributed by atoms with van der Waals surface area (Å²) in [6.45, 7) is 5.01. The molecule has 1 aromatic carbocycles. The molecular weight excluding hydrogens is 396 g/mol. The topological polar surface area (TPSA) is 50.6 Å². The van der Waals surface area contributed by atoms with Gasteiger partial charge in [0.15, 0.2) is 0 Å². The number of aryl methyl sites for hydroxylation is 2. The number of ether oxygens (including phenoxy) is 1. The fourth-order valence-corrected chi connectivity index (χ4v) is 5.13. The van der Waals surface area contributed by atoms with Crippen molar-refractivity contribution in [1.29, 1.82) is 0 Å². The number of piperazine rings is 1. The molecule has 0 atom stereocenters. The van der Waals surface area contributed by atoms with Gasteiger partial charge in [-0.3, -0.25) is 9.78 Å². The number of methoxy groups -OCH3 is 1. The van der Waals surface area contributed by atoms with Gasteiger partial charge >= 0.3 is 0 Å². The van der Waals surface area contributed by atoms with Crippen molar-refractivity contribution in [2.24, 2.45) is 7.05 Å². The number of amides is 1. The van der Waals surface area contributed by atoms with Crippen LogP contribution in [0.3, 0.4) is 0 Å². The largest absolute Gasteiger partial charge is 0.495 e. The summed E-state index contributed by atoms with van der Waals surface area (Å²) < 4.78 is 7.96. The Kier molecular flexibility index (Phi) is 4.62. The SMILES string of the molecule is COc1cc2c(cc1N1CCN(C(=O)c3ccsc3)CC1)c1ccnc(C)c1n2C. The third-order valence-electron chi connectivity index (χ3n) is 6.07. The summed E-state index contributed by atoms with van der Waals surface area (Å²) in [4.78, 5) is 21.4. The molecule has 1 fully saturated rings. The molecule has 0 unspecified atom stereocenters. The van der Waals surface area contributed by atoms with Gasteiger partial charge in [-0.25, -0.2) is 0 Å². The Morgan fingerprint density at radius 1 is 1.13 bits per heavy atom. The first-order valence-corrected chi connectivity index (χ1v) is 11.0. The van der Waals surface area contributed by atoms with Gasteiger partial charge in [-0.15, -0.1) is 0 Å². The van der Waals surface area contributed by atoms with Crippen LogP contribution in [0.4, 0.5) is 5.69 Å². The molecule has 154 valence electrons. The Hall–Kier alpha value is -3.06. The van der Waals surface area contributed by atoms with Crippen molar-refractivity contribution in [2.75, 3.05) is 38.2 Å². The number of hydrogen-bond acceptors (Lipinski definition) is 5. The van der Waals surface area contributed by atoms with Gasteiger partial charge in [0.2, 0.25) is 0 Å². The molecule has 5 rings (SSSR count). The molecule has 0 spiro atoms. The lowest BCUT2D eigenvalue weighted by molar-refractivity contribution is 0.0747. The number of aromatic nitrogens is 2. The van der Waals surface area contributed by atoms with E-state index in [1.54, 1.807) is 18.4 Å². The third kappa shape index (κ3) is 2.92. The van der Waals surface area contributed by atoms with Crippen LogP contribution in [0.1, 0.15) is 16.1 Å². The number of thiophene rings is 1. The Labute approximate surface area is 179 Å². The zero-order valence-electron chi connectivity index (χ0n) is 17.4. The van der Waals surface area contributed by atoms with Crippen molar-refractivity contribution in [3.63, 3.8) is 0 Å². The van der Waals surface area contributed by atoms with Gasteiger partial charge in [-0.05, 0) is 30.5 Å². The van der Waals surface area contributed by atoms with E-state index in [2.05, 4.69) is 39.7 Å². The van der Waals surface area contributed by atoms with E-state index < -0.39 is 0 Å². The van der Waals surface area contributed by atoms with E-state index in [1.807, 2.05) is 34.8 Å². The maximum Gasteiger partial charge on any atom is 0.254 e. The van der Waals surface area contributed by atoms with Crippen molar-refractivity contribution in [3.05, 3.63) is 52.5 Å². The van der Waals surface area contributed by atoms with Crippen LogP contribution in [0.5, 0.6) is 5.75 Å². The maximum absolute atomic E-state index is 12.7. The van der Waals surface area contributed by atoms with Crippen molar-refractivity contribution in [1.82, 2.24) is 14.5 Å². The van der Waals surface area contributed by atoms with E-state index in [1.165, 1.54) is 10.8 Å². The molecular formula is C23H24N4O2S. The third-order valence-corrected chi connectivity index (χ3v) is 6.75. The van der Waals surface area contributed by atoms with Crippen LogP contribution in [0.15, 0.2) is 41.2 Å². The minimum Gasteiger partial charge on any atom is -0.495 e. The fourth-order valence-electron chi connectivity index (χ4n) is 4.50. The van der Waals surface area contributed by atoms with Crippen LogP contribution in [-0.2, 0) is 7.05 Å². The van der Waals surface area contributed by atoms with Crippen molar-refractivity contribution >= 4 is 44.7 Å². The quantitative estimate of drug-likeness (QED) is 0.501. The van der Waals surface area contributed by atoms with Gasteiger partial charge in [-0.2, -0.15) is 11.3 Å². The number of carbonyl (C=O) groups excluding carboxylic acids is 1. The number of rotatable bonds is 3. The molecule has 3 aromatic heterocycles. The van der Waals surface area contributed by atoms with Crippen LogP contribution in [0, 0.1) is 6.92 Å². The average Bonchev–Trinajstić information content (AvgIpc) is 3.40. The monoisotopic (exact) mass is 420 g/mol. The second-order valence-electron chi connectivity index (χ2n) is 7.68. The van der Waals surface area contributed by atoms with Crippen LogP contribution in [0.25, 0.3) is 21.8 Å². The second kappa shape index (κ2) is 7.32. The summed E-state index contributed by atoms with van der Waals surface area (Å²) in [6.07, 6.45) is 1.87. The highest BCUT2D eigenvalue weighted by atomic mass is 32.1. The smallest absolute Gasteiger partial charge is 0.254 e. The molecule has 7 heteroatoms. The number of benzene rings is 1. The summed E-state index contributed by atoms with van der Waals surface area (Å²) in [5.41, 5.74) is 5.17. The van der Waals surface area contributed by atoms with Gasteiger partial charge in [0, 0.05) is 61.6 Å². The highest BCUT2D eigenvalue weighted by molar-refractivity contribution is 7.08. The van der Waals surface area contributed by atoms with Crippen LogP contribution in [-0.4, -0.2) is 53.6 Å². The predicted molar refractivity (Wildman–Crippen MR) is 122 cm³/mol. The molecule has 1 aliphatic rings. The summed E-state index contributed by atoms with van der Waals surface area (Å²) >= 11 is 1.56. The van der Waals surface area contributed by atoms with Gasteiger partial charge in [0.1, 0.15) is 5.75 Å². The molecule has 0 radical (unpaired) electrons. The van der Waals surface area contributed by atoms with Crippen LogP contribution < -0.4 is 9.64 Å². The zero-order valence-corrected chi connectivity index (χ0v) is 18.2. The van der Waals surface area contributed by atoms with E-state index in [0.717, 1.165) is 46.8 Å². The molecule has 1 saturated heterocycles. The van der Waals surface area contributed by atoms with Crippen molar-refractivity contribution in [3.8, 4) is 5.75 Å².